The second kappa shape index (κ2) is 10.6. The van der Waals surface area contributed by atoms with Gasteiger partial charge in [-0.05, 0) is 55.8 Å². The zero-order valence-electron chi connectivity index (χ0n) is 17.6. The monoisotopic (exact) mass is 446 g/mol. The van der Waals surface area contributed by atoms with Crippen molar-refractivity contribution in [2.45, 2.75) is 32.5 Å². The highest BCUT2D eigenvalue weighted by Gasteiger charge is 2.26. The van der Waals surface area contributed by atoms with E-state index in [9.17, 15) is 14.7 Å². The first-order valence-corrected chi connectivity index (χ1v) is 10.6. The molecule has 2 atom stereocenters. The predicted molar refractivity (Wildman–Crippen MR) is 119 cm³/mol. The Balaban J connectivity index is 1.50. The number of Topliss-reactive ketones (excluding diaryl/α,β-unsaturated/α-hetero) is 1. The van der Waals surface area contributed by atoms with Gasteiger partial charge in [-0.3, -0.25) is 14.5 Å². The molecule has 0 saturated carbocycles. The van der Waals surface area contributed by atoms with Gasteiger partial charge < -0.3 is 19.9 Å². The number of likely N-dealkylation sites (tertiary alicyclic amines) is 1. The van der Waals surface area contributed by atoms with Crippen molar-refractivity contribution in [1.29, 1.82) is 0 Å². The molecule has 2 aromatic carbocycles. The average molecular weight is 447 g/mol. The van der Waals surface area contributed by atoms with Crippen molar-refractivity contribution in [1.82, 2.24) is 4.90 Å². The van der Waals surface area contributed by atoms with Gasteiger partial charge in [0.2, 0.25) is 5.91 Å². The number of amides is 1. The number of hydrogen-bond donors (Lipinski definition) is 2. The number of hydrogen-bond acceptors (Lipinski definition) is 6. The van der Waals surface area contributed by atoms with E-state index in [0.29, 0.717) is 35.1 Å². The van der Waals surface area contributed by atoms with Crippen LogP contribution < -0.4 is 14.8 Å². The first kappa shape index (κ1) is 23.1. The third-order valence-electron chi connectivity index (χ3n) is 4.94. The van der Waals surface area contributed by atoms with E-state index in [1.165, 1.54) is 13.8 Å². The normalized spacial score (nSPS) is 17.2. The first-order valence-electron chi connectivity index (χ1n) is 10.2. The van der Waals surface area contributed by atoms with Crippen molar-refractivity contribution in [2.24, 2.45) is 0 Å². The Bertz CT molecular complexity index is 919. The summed E-state index contributed by atoms with van der Waals surface area (Å²) < 4.78 is 11.7. The minimum atomic E-state index is -0.716. The Morgan fingerprint density at radius 2 is 1.97 bits per heavy atom. The summed E-state index contributed by atoms with van der Waals surface area (Å²) in [6.07, 6.45) is 0.210. The van der Waals surface area contributed by atoms with Crippen molar-refractivity contribution >= 4 is 29.0 Å². The lowest BCUT2D eigenvalue weighted by Crippen LogP contribution is -2.35. The minimum Gasteiger partial charge on any atom is -0.489 e. The van der Waals surface area contributed by atoms with Crippen LogP contribution in [0.3, 0.4) is 0 Å². The minimum absolute atomic E-state index is 0.0554. The smallest absolute Gasteiger partial charge is 0.221 e. The molecule has 166 valence electrons. The van der Waals surface area contributed by atoms with E-state index in [2.05, 4.69) is 10.2 Å². The Labute approximate surface area is 186 Å². The lowest BCUT2D eigenvalue weighted by atomic mass is 10.1. The van der Waals surface area contributed by atoms with Crippen LogP contribution in [0.1, 0.15) is 30.6 Å². The molecule has 1 aliphatic heterocycles. The zero-order chi connectivity index (χ0) is 22.4. The maximum absolute atomic E-state index is 11.6. The molecule has 0 radical (unpaired) electrons. The van der Waals surface area contributed by atoms with Crippen molar-refractivity contribution in [3.05, 3.63) is 53.1 Å². The molecule has 3 rings (SSSR count). The third kappa shape index (κ3) is 6.95. The van der Waals surface area contributed by atoms with Crippen LogP contribution in [0.25, 0.3) is 0 Å². The second-order valence-corrected chi connectivity index (χ2v) is 8.09. The van der Waals surface area contributed by atoms with Crippen LogP contribution in [0.2, 0.25) is 5.02 Å². The second-order valence-electron chi connectivity index (χ2n) is 7.66. The maximum atomic E-state index is 11.6. The largest absolute Gasteiger partial charge is 0.489 e. The molecule has 0 aliphatic carbocycles. The fourth-order valence-corrected chi connectivity index (χ4v) is 3.59. The maximum Gasteiger partial charge on any atom is 0.221 e. The van der Waals surface area contributed by atoms with E-state index in [-0.39, 0.29) is 24.4 Å². The predicted octanol–water partition coefficient (Wildman–Crippen LogP) is 3.39. The quantitative estimate of drug-likeness (QED) is 0.574. The van der Waals surface area contributed by atoms with Gasteiger partial charge in [0.05, 0.1) is 5.69 Å². The number of aliphatic hydroxyl groups is 1. The van der Waals surface area contributed by atoms with Gasteiger partial charge in [0.15, 0.2) is 5.78 Å². The molecule has 1 aliphatic rings. The molecule has 7 nitrogen and oxygen atoms in total. The Morgan fingerprint density at radius 1 is 1.23 bits per heavy atom. The van der Waals surface area contributed by atoms with Crippen LogP contribution in [-0.4, -0.2) is 60.1 Å². The van der Waals surface area contributed by atoms with Crippen molar-refractivity contribution in [2.75, 3.05) is 31.6 Å². The highest BCUT2D eigenvalue weighted by Crippen LogP contribution is 2.27. The van der Waals surface area contributed by atoms with Gasteiger partial charge >= 0.3 is 0 Å². The number of ether oxygens (including phenoxy) is 2. The van der Waals surface area contributed by atoms with Gasteiger partial charge in [-0.2, -0.15) is 0 Å². The van der Waals surface area contributed by atoms with Gasteiger partial charge in [0.25, 0.3) is 0 Å². The number of halogens is 1. The zero-order valence-corrected chi connectivity index (χ0v) is 18.4. The fourth-order valence-electron chi connectivity index (χ4n) is 3.46. The van der Waals surface area contributed by atoms with Crippen LogP contribution in [0.4, 0.5) is 5.69 Å². The SMILES string of the molecule is CC(=O)Nc1cc(C(C)=O)ccc1OCC(O)CN1CCC(Oc2ccc(Cl)cc2)C1. The van der Waals surface area contributed by atoms with Gasteiger partial charge in [-0.15, -0.1) is 0 Å². The molecule has 0 bridgehead atoms. The number of anilines is 1. The molecule has 0 spiro atoms. The van der Waals surface area contributed by atoms with E-state index >= 15 is 0 Å². The van der Waals surface area contributed by atoms with E-state index in [4.69, 9.17) is 21.1 Å². The van der Waals surface area contributed by atoms with Crippen molar-refractivity contribution < 1.29 is 24.2 Å². The molecule has 8 heteroatoms. The fraction of sp³-hybridized carbons (Fsp3) is 0.391. The summed E-state index contributed by atoms with van der Waals surface area (Å²) in [4.78, 5) is 25.2. The van der Waals surface area contributed by atoms with E-state index < -0.39 is 6.10 Å². The molecule has 2 unspecified atom stereocenters. The molecule has 1 fully saturated rings. The first-order chi connectivity index (χ1) is 14.8. The number of benzene rings is 2. The van der Waals surface area contributed by atoms with Gasteiger partial charge in [0.1, 0.15) is 30.3 Å². The number of β-amino-alcohol motifs (C(OH)–C–C–N with tert-alkyl or cyclic N) is 1. The lowest BCUT2D eigenvalue weighted by molar-refractivity contribution is -0.114. The summed E-state index contributed by atoms with van der Waals surface area (Å²) in [6, 6.07) is 12.1. The molecular weight excluding hydrogens is 420 g/mol. The van der Waals surface area contributed by atoms with Crippen molar-refractivity contribution in [3.8, 4) is 11.5 Å². The van der Waals surface area contributed by atoms with Gasteiger partial charge in [-0.25, -0.2) is 0 Å². The lowest BCUT2D eigenvalue weighted by Gasteiger charge is -2.21. The van der Waals surface area contributed by atoms with Crippen LogP contribution in [0.5, 0.6) is 11.5 Å². The molecule has 0 aromatic heterocycles. The summed E-state index contributed by atoms with van der Waals surface area (Å²) in [5.41, 5.74) is 0.880. The number of rotatable bonds is 9. The van der Waals surface area contributed by atoms with Crippen LogP contribution >= 0.6 is 11.6 Å². The Kier molecular flexibility index (Phi) is 7.90. The van der Waals surface area contributed by atoms with E-state index in [1.54, 1.807) is 30.3 Å². The summed E-state index contributed by atoms with van der Waals surface area (Å²) in [5, 5.41) is 13.8. The molecule has 31 heavy (non-hydrogen) atoms. The average Bonchev–Trinajstić information content (AvgIpc) is 3.14. The number of nitrogens with one attached hydrogen (secondary N) is 1. The Hall–Kier alpha value is -2.61. The standard InChI is InChI=1S/C23H27ClN2O5/c1-15(27)17-3-8-23(22(11-17)25-16(2)28)30-14-19(29)12-26-10-9-21(13-26)31-20-6-4-18(24)5-7-20/h3-8,11,19,21,29H,9-10,12-14H2,1-2H3,(H,25,28). The molecule has 1 heterocycles. The molecule has 2 aromatic rings. The summed E-state index contributed by atoms with van der Waals surface area (Å²) in [7, 11) is 0. The number of nitrogens with zero attached hydrogens (tertiary/aromatic N) is 1. The molecule has 2 N–H and O–H groups in total. The molecule has 1 saturated heterocycles. The number of carbonyl (C=O) groups is 2. The summed E-state index contributed by atoms with van der Waals surface area (Å²) >= 11 is 5.90. The van der Waals surface area contributed by atoms with Crippen LogP contribution in [0, 0.1) is 0 Å². The van der Waals surface area contributed by atoms with E-state index in [1.807, 2.05) is 12.1 Å². The molecule has 1 amide bonds. The topological polar surface area (TPSA) is 88.1 Å². The van der Waals surface area contributed by atoms with Crippen LogP contribution in [-0.2, 0) is 4.79 Å². The highest BCUT2D eigenvalue weighted by molar-refractivity contribution is 6.30. The number of carbonyl (C=O) groups excluding carboxylic acids is 2. The third-order valence-corrected chi connectivity index (χ3v) is 5.19. The summed E-state index contributed by atoms with van der Waals surface area (Å²) in [5.74, 6) is 0.807. The highest BCUT2D eigenvalue weighted by atomic mass is 35.5. The molecular formula is C23H27ClN2O5. The number of aliphatic hydroxyl groups excluding tert-OH is 1. The van der Waals surface area contributed by atoms with Crippen molar-refractivity contribution in [3.63, 3.8) is 0 Å². The van der Waals surface area contributed by atoms with E-state index in [0.717, 1.165) is 18.7 Å². The number of ketones is 1. The van der Waals surface area contributed by atoms with Crippen LogP contribution in [0.15, 0.2) is 42.5 Å². The Morgan fingerprint density at radius 3 is 2.65 bits per heavy atom. The van der Waals surface area contributed by atoms with Gasteiger partial charge in [0, 0.05) is 37.1 Å². The summed E-state index contributed by atoms with van der Waals surface area (Å²) in [6.45, 7) is 4.88. The van der Waals surface area contributed by atoms with Gasteiger partial charge in [-0.1, -0.05) is 11.6 Å².